The van der Waals surface area contributed by atoms with E-state index in [1.807, 2.05) is 5.41 Å². The van der Waals surface area contributed by atoms with Crippen LogP contribution in [0.2, 0.25) is 0 Å². The fraction of sp³-hybridized carbons (Fsp3) is 0.200. The summed E-state index contributed by atoms with van der Waals surface area (Å²) in [6.45, 7) is 0. The van der Waals surface area contributed by atoms with E-state index >= 15 is 0 Å². The zero-order valence-corrected chi connectivity index (χ0v) is 5.23. The molecule has 3 aliphatic rings. The Morgan fingerprint density at radius 1 is 1.78 bits per heavy atom. The van der Waals surface area contributed by atoms with E-state index in [4.69, 9.17) is 4.74 Å². The molecule has 0 radical (unpaired) electrons. The zero-order valence-electron chi connectivity index (χ0n) is 4.42. The summed E-state index contributed by atoms with van der Waals surface area (Å²) < 4.78 is 5.25. The first kappa shape index (κ1) is 4.11. The molecule has 3 rings (SSSR count). The van der Waals surface area contributed by atoms with Gasteiger partial charge in [0.05, 0.1) is 0 Å². The van der Waals surface area contributed by atoms with Gasteiger partial charge in [-0.1, -0.05) is 11.8 Å². The van der Waals surface area contributed by atoms with Crippen LogP contribution in [-0.2, 0) is 4.74 Å². The number of rotatable bonds is 0. The molecule has 1 N–H and O–H groups in total. The highest BCUT2D eigenvalue weighted by atomic mass is 32.2. The molecule has 0 aromatic heterocycles. The van der Waals surface area contributed by atoms with Crippen molar-refractivity contribution in [1.82, 2.24) is 0 Å². The smallest absolute Gasteiger partial charge is 0.300 e. The standard InChI is InChI=1S/C5H2N2OS/c1-2-3-4(9-1)5(8-2)7-6-3/h1,3H/p+1. The van der Waals surface area contributed by atoms with Gasteiger partial charge in [0, 0.05) is 10.5 Å². The van der Waals surface area contributed by atoms with Gasteiger partial charge in [0.1, 0.15) is 4.91 Å². The Morgan fingerprint density at radius 3 is 3.33 bits per heavy atom. The molecule has 9 heavy (non-hydrogen) atoms. The van der Waals surface area contributed by atoms with E-state index < -0.39 is 0 Å². The van der Waals surface area contributed by atoms with E-state index in [-0.39, 0.29) is 6.04 Å². The molecule has 3 heterocycles. The fourth-order valence-electron chi connectivity index (χ4n) is 1.13. The highest BCUT2D eigenvalue weighted by molar-refractivity contribution is 8.06. The minimum Gasteiger partial charge on any atom is -0.430 e. The van der Waals surface area contributed by atoms with Gasteiger partial charge >= 0.3 is 5.88 Å². The van der Waals surface area contributed by atoms with Crippen LogP contribution in [0.5, 0.6) is 0 Å². The van der Waals surface area contributed by atoms with Crippen molar-refractivity contribution in [2.24, 2.45) is 5.11 Å². The Kier molecular flexibility index (Phi) is 0.487. The highest BCUT2D eigenvalue weighted by Gasteiger charge is 2.47. The molecule has 0 saturated heterocycles. The van der Waals surface area contributed by atoms with Gasteiger partial charge in [0.2, 0.25) is 0 Å². The van der Waals surface area contributed by atoms with Crippen molar-refractivity contribution in [1.29, 1.82) is 0 Å². The minimum absolute atomic E-state index is 0.282. The molecule has 0 aliphatic carbocycles. The van der Waals surface area contributed by atoms with Gasteiger partial charge in [-0.15, -0.1) is 5.11 Å². The van der Waals surface area contributed by atoms with Crippen LogP contribution in [0.15, 0.2) is 27.1 Å². The summed E-state index contributed by atoms with van der Waals surface area (Å²) >= 11 is 1.71. The van der Waals surface area contributed by atoms with Gasteiger partial charge < -0.3 is 4.74 Å². The lowest BCUT2D eigenvalue weighted by Crippen LogP contribution is -2.72. The normalized spacial score (nSPS) is 33.8. The van der Waals surface area contributed by atoms with E-state index in [1.165, 1.54) is 4.91 Å². The number of nitrogens with zero attached hydrogens (tertiary/aromatic N) is 1. The number of hydrogen-bond acceptors (Lipinski definition) is 3. The molecular formula is C5H3N2OS+. The molecule has 0 fully saturated rings. The SMILES string of the molecule is C1=C2OC3=C(S1)C2[NH+]=N3. The quantitative estimate of drug-likeness (QED) is 0.499. The van der Waals surface area contributed by atoms with Gasteiger partial charge in [-0.25, -0.2) is 0 Å². The second kappa shape index (κ2) is 1.07. The molecule has 0 aromatic carbocycles. The second-order valence-electron chi connectivity index (χ2n) is 2.08. The van der Waals surface area contributed by atoms with Crippen LogP contribution in [0.4, 0.5) is 0 Å². The number of azo groups is 1. The van der Waals surface area contributed by atoms with Gasteiger partial charge in [0.15, 0.2) is 5.76 Å². The van der Waals surface area contributed by atoms with E-state index in [9.17, 15) is 0 Å². The first-order valence-electron chi connectivity index (χ1n) is 2.70. The van der Waals surface area contributed by atoms with Crippen LogP contribution in [0.1, 0.15) is 0 Å². The van der Waals surface area contributed by atoms with Gasteiger partial charge in [0.25, 0.3) is 6.04 Å². The van der Waals surface area contributed by atoms with E-state index in [0.29, 0.717) is 0 Å². The third-order valence-corrected chi connectivity index (χ3v) is 2.58. The molecular weight excluding hydrogens is 136 g/mol. The van der Waals surface area contributed by atoms with Crippen molar-refractivity contribution < 1.29 is 9.85 Å². The monoisotopic (exact) mass is 139 g/mol. The first-order valence-corrected chi connectivity index (χ1v) is 3.58. The lowest BCUT2D eigenvalue weighted by Gasteiger charge is -1.98. The number of thioether (sulfide) groups is 1. The maximum absolute atomic E-state index is 5.25. The first-order chi connectivity index (χ1) is 4.45. The summed E-state index contributed by atoms with van der Waals surface area (Å²) in [6.07, 6.45) is 0. The molecule has 0 saturated carbocycles. The fourth-order valence-corrected chi connectivity index (χ4v) is 2.05. The average molecular weight is 139 g/mol. The van der Waals surface area contributed by atoms with Crippen molar-refractivity contribution in [3.63, 3.8) is 0 Å². The third kappa shape index (κ3) is 0.311. The van der Waals surface area contributed by atoms with Crippen molar-refractivity contribution in [3.8, 4) is 0 Å². The molecule has 0 aromatic rings. The van der Waals surface area contributed by atoms with Crippen molar-refractivity contribution in [3.05, 3.63) is 22.0 Å². The van der Waals surface area contributed by atoms with Crippen molar-refractivity contribution in [2.45, 2.75) is 6.04 Å². The van der Waals surface area contributed by atoms with Crippen LogP contribution < -0.4 is 5.11 Å². The van der Waals surface area contributed by atoms with Crippen LogP contribution in [0.25, 0.3) is 0 Å². The lowest BCUT2D eigenvalue weighted by molar-refractivity contribution is -0.553. The Labute approximate surface area is 55.5 Å². The molecule has 0 amide bonds. The molecule has 3 aliphatic heterocycles. The molecule has 4 heteroatoms. The predicted octanol–water partition coefficient (Wildman–Crippen LogP) is -0.311. The Hall–Kier alpha value is -0.770. The Balaban J connectivity index is 2.34. The van der Waals surface area contributed by atoms with Gasteiger partial charge in [-0.2, -0.15) is 0 Å². The number of hydrogen-bond donors (Lipinski definition) is 1. The predicted molar refractivity (Wildman–Crippen MR) is 31.0 cm³/mol. The Morgan fingerprint density at radius 2 is 2.78 bits per heavy atom. The topological polar surface area (TPSA) is 35.6 Å². The van der Waals surface area contributed by atoms with Crippen LogP contribution in [0.3, 0.4) is 0 Å². The molecule has 0 spiro atoms. The van der Waals surface area contributed by atoms with Crippen LogP contribution >= 0.6 is 11.8 Å². The summed E-state index contributed by atoms with van der Waals surface area (Å²) in [6, 6.07) is 0.282. The summed E-state index contributed by atoms with van der Waals surface area (Å²) in [5, 5.41) is 8.91. The van der Waals surface area contributed by atoms with Gasteiger partial charge in [-0.05, 0) is 0 Å². The van der Waals surface area contributed by atoms with Crippen LogP contribution in [-0.4, -0.2) is 6.04 Å². The molecule has 44 valence electrons. The summed E-state index contributed by atoms with van der Waals surface area (Å²) in [5.41, 5.74) is 0. The second-order valence-corrected chi connectivity index (χ2v) is 2.99. The molecule has 3 nitrogen and oxygen atoms in total. The van der Waals surface area contributed by atoms with Crippen molar-refractivity contribution >= 4 is 11.8 Å². The highest BCUT2D eigenvalue weighted by Crippen LogP contribution is 2.44. The summed E-state index contributed by atoms with van der Waals surface area (Å²) in [7, 11) is 0. The zero-order chi connectivity index (χ0) is 5.84. The number of nitrogens with one attached hydrogen (secondary N) is 1. The third-order valence-electron chi connectivity index (χ3n) is 1.57. The molecule has 1 unspecified atom stereocenters. The van der Waals surface area contributed by atoms with Crippen LogP contribution in [0, 0.1) is 0 Å². The number of ether oxygens (including phenoxy) is 1. The van der Waals surface area contributed by atoms with E-state index in [0.717, 1.165) is 11.6 Å². The molecule has 4 bridgehead atoms. The van der Waals surface area contributed by atoms with Gasteiger partial charge in [-0.3, -0.25) is 0 Å². The van der Waals surface area contributed by atoms with E-state index in [2.05, 4.69) is 10.2 Å². The minimum atomic E-state index is 0.282. The van der Waals surface area contributed by atoms with E-state index in [1.54, 1.807) is 11.8 Å². The average Bonchev–Trinajstić information content (AvgIpc) is 2.50. The van der Waals surface area contributed by atoms with Crippen molar-refractivity contribution in [2.75, 3.05) is 0 Å². The maximum atomic E-state index is 5.25. The Bertz CT molecular complexity index is 279. The lowest BCUT2D eigenvalue weighted by atomic mass is 10.3. The largest absolute Gasteiger partial charge is 0.430 e. The molecule has 1 atom stereocenters. The summed E-state index contributed by atoms with van der Waals surface area (Å²) in [4.78, 5) is 1.23. The maximum Gasteiger partial charge on any atom is 0.300 e. The summed E-state index contributed by atoms with van der Waals surface area (Å²) in [5.74, 6) is 1.79.